The van der Waals surface area contributed by atoms with Crippen molar-refractivity contribution < 1.29 is 9.90 Å². The largest absolute Gasteiger partial charge is 0.508 e. The summed E-state index contributed by atoms with van der Waals surface area (Å²) in [5.74, 6) is 0.0323. The second kappa shape index (κ2) is 4.01. The molecule has 0 radical (unpaired) electrons. The number of rotatable bonds is 2. The first-order chi connectivity index (χ1) is 6.43. The molecule has 2 nitrogen and oxygen atoms in total. The highest BCUT2D eigenvalue weighted by molar-refractivity contribution is 6.34. The van der Waals surface area contributed by atoms with E-state index in [2.05, 4.69) is 0 Å². The quantitative estimate of drug-likeness (QED) is 0.765. The highest BCUT2D eigenvalue weighted by Crippen LogP contribution is 2.27. The van der Waals surface area contributed by atoms with Gasteiger partial charge in [-0.05, 0) is 24.6 Å². The lowest BCUT2D eigenvalue weighted by Gasteiger charge is -2.08. The topological polar surface area (TPSA) is 37.3 Å². The maximum atomic E-state index is 11.7. The highest BCUT2D eigenvalue weighted by Gasteiger charge is 2.15. The van der Waals surface area contributed by atoms with Crippen LogP contribution in [0.5, 0.6) is 5.75 Å². The van der Waals surface area contributed by atoms with E-state index in [4.69, 9.17) is 11.6 Å². The maximum Gasteiger partial charge on any atom is 0.166 e. The Balaban J connectivity index is 3.22. The summed E-state index contributed by atoms with van der Waals surface area (Å²) >= 11 is 5.86. The number of carbonyl (C=O) groups excluding carboxylic acids is 1. The first kappa shape index (κ1) is 11.1. The third-order valence-electron chi connectivity index (χ3n) is 2.08. The van der Waals surface area contributed by atoms with Gasteiger partial charge in [-0.15, -0.1) is 0 Å². The van der Waals surface area contributed by atoms with Crippen molar-refractivity contribution >= 4 is 17.4 Å². The Morgan fingerprint density at radius 1 is 1.43 bits per heavy atom. The molecule has 1 aromatic carbocycles. The Morgan fingerprint density at radius 2 is 2.00 bits per heavy atom. The summed E-state index contributed by atoms with van der Waals surface area (Å²) in [5.41, 5.74) is 1.15. The molecule has 14 heavy (non-hydrogen) atoms. The number of benzene rings is 1. The van der Waals surface area contributed by atoms with Crippen LogP contribution in [0.25, 0.3) is 0 Å². The molecule has 0 aliphatic heterocycles. The third kappa shape index (κ3) is 2.07. The Labute approximate surface area is 88.5 Å². The monoisotopic (exact) mass is 212 g/mol. The van der Waals surface area contributed by atoms with Gasteiger partial charge in [0.05, 0.1) is 5.02 Å². The normalized spacial score (nSPS) is 10.6. The summed E-state index contributed by atoms with van der Waals surface area (Å²) in [6, 6.07) is 3.03. The van der Waals surface area contributed by atoms with Crippen LogP contribution >= 0.6 is 11.6 Å². The predicted molar refractivity (Wildman–Crippen MR) is 57.0 cm³/mol. The summed E-state index contributed by atoms with van der Waals surface area (Å²) in [4.78, 5) is 11.7. The van der Waals surface area contributed by atoms with Crippen LogP contribution in [0.3, 0.4) is 0 Å². The lowest BCUT2D eigenvalue weighted by atomic mass is 9.99. The van der Waals surface area contributed by atoms with Crippen molar-refractivity contribution in [1.82, 2.24) is 0 Å². The highest BCUT2D eigenvalue weighted by atomic mass is 35.5. The van der Waals surface area contributed by atoms with Crippen LogP contribution < -0.4 is 0 Å². The van der Waals surface area contributed by atoms with Gasteiger partial charge in [-0.1, -0.05) is 25.4 Å². The second-order valence-corrected chi connectivity index (χ2v) is 4.04. The molecule has 76 valence electrons. The Bertz CT molecular complexity index is 370. The van der Waals surface area contributed by atoms with Gasteiger partial charge in [0, 0.05) is 11.5 Å². The van der Waals surface area contributed by atoms with Crippen LogP contribution in [0.2, 0.25) is 5.02 Å². The van der Waals surface area contributed by atoms with Crippen molar-refractivity contribution in [3.05, 3.63) is 28.3 Å². The molecular weight excluding hydrogens is 200 g/mol. The lowest BCUT2D eigenvalue weighted by molar-refractivity contribution is 0.0939. The van der Waals surface area contributed by atoms with Gasteiger partial charge < -0.3 is 5.11 Å². The van der Waals surface area contributed by atoms with E-state index in [-0.39, 0.29) is 17.5 Å². The van der Waals surface area contributed by atoms with E-state index in [0.29, 0.717) is 16.1 Å². The molecule has 0 atom stereocenters. The Morgan fingerprint density at radius 3 is 2.50 bits per heavy atom. The van der Waals surface area contributed by atoms with E-state index in [9.17, 15) is 9.90 Å². The van der Waals surface area contributed by atoms with Gasteiger partial charge in [0.15, 0.2) is 5.78 Å². The summed E-state index contributed by atoms with van der Waals surface area (Å²) < 4.78 is 0. The number of ketones is 1. The van der Waals surface area contributed by atoms with Gasteiger partial charge in [-0.25, -0.2) is 0 Å². The molecule has 0 bridgehead atoms. The zero-order chi connectivity index (χ0) is 10.9. The minimum atomic E-state index is -0.0866. The fourth-order valence-electron chi connectivity index (χ4n) is 1.17. The summed E-state index contributed by atoms with van der Waals surface area (Å²) in [6.07, 6.45) is 0. The van der Waals surface area contributed by atoms with E-state index >= 15 is 0 Å². The molecule has 0 heterocycles. The number of phenols is 1. The predicted octanol–water partition coefficient (Wildman–Crippen LogP) is 3.19. The summed E-state index contributed by atoms with van der Waals surface area (Å²) in [6.45, 7) is 5.38. The number of hydrogen-bond donors (Lipinski definition) is 1. The van der Waals surface area contributed by atoms with Crippen LogP contribution in [0.15, 0.2) is 12.1 Å². The van der Waals surface area contributed by atoms with Gasteiger partial charge in [-0.3, -0.25) is 4.79 Å². The van der Waals surface area contributed by atoms with Gasteiger partial charge in [0.1, 0.15) is 5.75 Å². The standard InChI is InChI=1S/C11H13ClO2/c1-6(2)11(14)8-4-7(3)10(13)5-9(8)12/h4-6,13H,1-3H3. The van der Waals surface area contributed by atoms with Crippen molar-refractivity contribution in [1.29, 1.82) is 0 Å². The molecule has 0 aliphatic rings. The Hall–Kier alpha value is -1.02. The molecule has 0 amide bonds. The summed E-state index contributed by atoms with van der Waals surface area (Å²) in [7, 11) is 0. The van der Waals surface area contributed by atoms with Crippen molar-refractivity contribution in [2.45, 2.75) is 20.8 Å². The van der Waals surface area contributed by atoms with Crippen LogP contribution in [0.1, 0.15) is 29.8 Å². The van der Waals surface area contributed by atoms with Crippen molar-refractivity contribution in [3.8, 4) is 5.75 Å². The number of Topliss-reactive ketones (excluding diaryl/α,β-unsaturated/α-hetero) is 1. The second-order valence-electron chi connectivity index (χ2n) is 3.64. The molecule has 1 rings (SSSR count). The molecule has 0 aromatic heterocycles. The number of phenolic OH excluding ortho intramolecular Hbond substituents is 1. The van der Waals surface area contributed by atoms with Crippen molar-refractivity contribution in [3.63, 3.8) is 0 Å². The molecule has 0 spiro atoms. The Kier molecular flexibility index (Phi) is 3.17. The molecule has 0 saturated carbocycles. The smallest absolute Gasteiger partial charge is 0.166 e. The lowest BCUT2D eigenvalue weighted by Crippen LogP contribution is -2.08. The number of aryl methyl sites for hydroxylation is 1. The SMILES string of the molecule is Cc1cc(C(=O)C(C)C)c(Cl)cc1O. The van der Waals surface area contributed by atoms with Gasteiger partial charge in [0.2, 0.25) is 0 Å². The molecular formula is C11H13ClO2. The van der Waals surface area contributed by atoms with Crippen LogP contribution in [0, 0.1) is 12.8 Å². The average molecular weight is 213 g/mol. The summed E-state index contributed by atoms with van der Waals surface area (Å²) in [5, 5.41) is 9.66. The van der Waals surface area contributed by atoms with Crippen LogP contribution in [-0.2, 0) is 0 Å². The van der Waals surface area contributed by atoms with Gasteiger partial charge in [0.25, 0.3) is 0 Å². The molecule has 0 fully saturated rings. The van der Waals surface area contributed by atoms with Crippen LogP contribution in [-0.4, -0.2) is 10.9 Å². The molecule has 0 unspecified atom stereocenters. The van der Waals surface area contributed by atoms with Gasteiger partial charge >= 0.3 is 0 Å². The van der Waals surface area contributed by atoms with E-state index < -0.39 is 0 Å². The number of halogens is 1. The third-order valence-corrected chi connectivity index (χ3v) is 2.39. The average Bonchev–Trinajstić information content (AvgIpc) is 2.10. The first-order valence-electron chi connectivity index (χ1n) is 4.46. The number of aromatic hydroxyl groups is 1. The maximum absolute atomic E-state index is 11.7. The van der Waals surface area contributed by atoms with E-state index in [1.54, 1.807) is 13.0 Å². The van der Waals surface area contributed by atoms with Crippen LogP contribution in [0.4, 0.5) is 0 Å². The molecule has 1 N–H and O–H groups in total. The number of carbonyl (C=O) groups is 1. The number of hydrogen-bond acceptors (Lipinski definition) is 2. The molecule has 3 heteroatoms. The minimum Gasteiger partial charge on any atom is -0.508 e. The molecule has 1 aromatic rings. The molecule has 0 aliphatic carbocycles. The minimum absolute atomic E-state index is 0.00176. The van der Waals surface area contributed by atoms with Crippen molar-refractivity contribution in [2.24, 2.45) is 5.92 Å². The van der Waals surface area contributed by atoms with E-state index in [0.717, 1.165) is 0 Å². The van der Waals surface area contributed by atoms with E-state index in [1.807, 2.05) is 13.8 Å². The first-order valence-corrected chi connectivity index (χ1v) is 4.84. The zero-order valence-corrected chi connectivity index (χ0v) is 9.22. The van der Waals surface area contributed by atoms with E-state index in [1.165, 1.54) is 6.07 Å². The zero-order valence-electron chi connectivity index (χ0n) is 8.47. The molecule has 0 saturated heterocycles. The van der Waals surface area contributed by atoms with Gasteiger partial charge in [-0.2, -0.15) is 0 Å². The van der Waals surface area contributed by atoms with Crippen molar-refractivity contribution in [2.75, 3.05) is 0 Å². The fourth-order valence-corrected chi connectivity index (χ4v) is 1.42. The fraction of sp³-hybridized carbons (Fsp3) is 0.364.